The molecule has 1 aliphatic rings. The van der Waals surface area contributed by atoms with Crippen LogP contribution in [-0.4, -0.2) is 23.9 Å². The Morgan fingerprint density at radius 2 is 1.89 bits per heavy atom. The molecular formula is C23H28ClFN2O. The van der Waals surface area contributed by atoms with Crippen LogP contribution in [0.3, 0.4) is 0 Å². The summed E-state index contributed by atoms with van der Waals surface area (Å²) in [5.74, 6) is -0.136. The van der Waals surface area contributed by atoms with Gasteiger partial charge >= 0.3 is 0 Å². The summed E-state index contributed by atoms with van der Waals surface area (Å²) in [6.07, 6.45) is 2.60. The Morgan fingerprint density at radius 3 is 2.50 bits per heavy atom. The van der Waals surface area contributed by atoms with E-state index in [1.54, 1.807) is 12.1 Å². The lowest BCUT2D eigenvalue weighted by Crippen LogP contribution is -2.41. The Balaban J connectivity index is 1.49. The average molecular weight is 403 g/mol. The summed E-state index contributed by atoms with van der Waals surface area (Å²) in [5.41, 5.74) is 3.07. The maximum atomic E-state index is 14.0. The van der Waals surface area contributed by atoms with Crippen molar-refractivity contribution in [2.24, 2.45) is 5.92 Å². The van der Waals surface area contributed by atoms with Crippen LogP contribution in [0, 0.1) is 11.7 Å². The van der Waals surface area contributed by atoms with Crippen LogP contribution in [0.15, 0.2) is 42.5 Å². The molecule has 1 heterocycles. The Morgan fingerprint density at radius 1 is 1.21 bits per heavy atom. The first-order chi connectivity index (χ1) is 13.5. The molecule has 3 nitrogen and oxygen atoms in total. The van der Waals surface area contributed by atoms with Crippen molar-refractivity contribution in [3.63, 3.8) is 0 Å². The molecule has 1 aliphatic heterocycles. The number of hydrogen-bond donors (Lipinski definition) is 1. The largest absolute Gasteiger partial charge is 0.349 e. The van der Waals surface area contributed by atoms with Crippen molar-refractivity contribution in [2.45, 2.75) is 45.7 Å². The third-order valence-corrected chi connectivity index (χ3v) is 5.85. The van der Waals surface area contributed by atoms with E-state index in [-0.39, 0.29) is 23.7 Å². The summed E-state index contributed by atoms with van der Waals surface area (Å²) in [6.45, 7) is 6.29. The van der Waals surface area contributed by atoms with Gasteiger partial charge in [0.25, 0.3) is 0 Å². The van der Waals surface area contributed by atoms with Crippen LogP contribution in [0.5, 0.6) is 0 Å². The van der Waals surface area contributed by atoms with E-state index in [2.05, 4.69) is 41.4 Å². The second kappa shape index (κ2) is 9.53. The highest BCUT2D eigenvalue weighted by molar-refractivity contribution is 6.30. The van der Waals surface area contributed by atoms with Gasteiger partial charge in [-0.15, -0.1) is 0 Å². The first-order valence-electron chi connectivity index (χ1n) is 10.0. The van der Waals surface area contributed by atoms with Gasteiger partial charge < -0.3 is 5.32 Å². The number of carbonyl (C=O) groups excluding carboxylic acids is 1. The summed E-state index contributed by atoms with van der Waals surface area (Å²) >= 11 is 5.82. The second-order valence-corrected chi connectivity index (χ2v) is 8.05. The number of nitrogens with zero attached hydrogens (tertiary/aromatic N) is 1. The molecule has 1 N–H and O–H groups in total. The van der Waals surface area contributed by atoms with Gasteiger partial charge in [-0.2, -0.15) is 0 Å². The van der Waals surface area contributed by atoms with Crippen molar-refractivity contribution >= 4 is 17.5 Å². The molecule has 3 rings (SSSR count). The molecule has 0 unspecified atom stereocenters. The van der Waals surface area contributed by atoms with Crippen molar-refractivity contribution in [3.05, 3.63) is 70.0 Å². The second-order valence-electron chi connectivity index (χ2n) is 7.61. The highest BCUT2D eigenvalue weighted by Crippen LogP contribution is 2.23. The topological polar surface area (TPSA) is 32.3 Å². The highest BCUT2D eigenvalue weighted by atomic mass is 35.5. The molecule has 150 valence electrons. The fraction of sp³-hybridized carbons (Fsp3) is 0.435. The van der Waals surface area contributed by atoms with Crippen LogP contribution in [-0.2, 0) is 17.8 Å². The summed E-state index contributed by atoms with van der Waals surface area (Å²) in [4.78, 5) is 14.9. The maximum absolute atomic E-state index is 14.0. The van der Waals surface area contributed by atoms with Gasteiger partial charge in [-0.3, -0.25) is 9.69 Å². The molecule has 0 aliphatic carbocycles. The fourth-order valence-corrected chi connectivity index (χ4v) is 3.86. The molecule has 2 aromatic rings. The number of likely N-dealkylation sites (tertiary alicyclic amines) is 1. The van der Waals surface area contributed by atoms with Crippen LogP contribution in [0.25, 0.3) is 0 Å². The quantitative estimate of drug-likeness (QED) is 0.726. The number of nitrogens with one attached hydrogen (secondary N) is 1. The predicted molar refractivity (Wildman–Crippen MR) is 112 cm³/mol. The summed E-state index contributed by atoms with van der Waals surface area (Å²) in [5, 5.41) is 3.56. The molecule has 1 saturated heterocycles. The van der Waals surface area contributed by atoms with Crippen LogP contribution in [0.2, 0.25) is 5.02 Å². The number of rotatable bonds is 6. The normalized spacial score (nSPS) is 16.7. The maximum Gasteiger partial charge on any atom is 0.223 e. The number of amides is 1. The number of hydrogen-bond acceptors (Lipinski definition) is 2. The lowest BCUT2D eigenvalue weighted by atomic mass is 9.94. The van der Waals surface area contributed by atoms with Gasteiger partial charge in [0, 0.05) is 23.0 Å². The lowest BCUT2D eigenvalue weighted by Gasteiger charge is -2.32. The van der Waals surface area contributed by atoms with E-state index in [1.807, 2.05) is 6.92 Å². The Hall–Kier alpha value is -1.91. The minimum Gasteiger partial charge on any atom is -0.349 e. The Labute approximate surface area is 171 Å². The van der Waals surface area contributed by atoms with Gasteiger partial charge in [0.1, 0.15) is 5.82 Å². The smallest absolute Gasteiger partial charge is 0.223 e. The van der Waals surface area contributed by atoms with E-state index in [1.165, 1.54) is 11.6 Å². The monoisotopic (exact) mass is 402 g/mol. The van der Waals surface area contributed by atoms with Crippen LogP contribution < -0.4 is 5.32 Å². The van der Waals surface area contributed by atoms with E-state index < -0.39 is 0 Å². The molecular weight excluding hydrogens is 375 g/mol. The molecule has 28 heavy (non-hydrogen) atoms. The summed E-state index contributed by atoms with van der Waals surface area (Å²) in [6, 6.07) is 13.2. The molecule has 0 aromatic heterocycles. The third kappa shape index (κ3) is 5.33. The van der Waals surface area contributed by atoms with E-state index in [4.69, 9.17) is 11.6 Å². The predicted octanol–water partition coefficient (Wildman–Crippen LogP) is 5.13. The third-order valence-electron chi connectivity index (χ3n) is 5.61. The van der Waals surface area contributed by atoms with Gasteiger partial charge in [-0.25, -0.2) is 4.39 Å². The van der Waals surface area contributed by atoms with Crippen LogP contribution >= 0.6 is 11.6 Å². The minimum absolute atomic E-state index is 0.000371. The zero-order chi connectivity index (χ0) is 20.1. The molecule has 1 atom stereocenters. The first-order valence-corrected chi connectivity index (χ1v) is 10.4. The zero-order valence-corrected chi connectivity index (χ0v) is 17.3. The minimum atomic E-state index is -0.268. The van der Waals surface area contributed by atoms with E-state index >= 15 is 0 Å². The molecule has 5 heteroatoms. The Bertz CT molecular complexity index is 801. The molecule has 0 saturated carbocycles. The van der Waals surface area contributed by atoms with Gasteiger partial charge in [-0.1, -0.05) is 48.9 Å². The SMILES string of the molecule is CCc1ccc([C@H](C)NC(=O)C2CCN(Cc3ccc(Cl)cc3F)CC2)cc1. The summed E-state index contributed by atoms with van der Waals surface area (Å²) in [7, 11) is 0. The zero-order valence-electron chi connectivity index (χ0n) is 16.6. The number of benzene rings is 2. The van der Waals surface area contributed by atoms with Crippen LogP contribution in [0.1, 0.15) is 49.4 Å². The highest BCUT2D eigenvalue weighted by Gasteiger charge is 2.26. The number of halogens is 2. The van der Waals surface area contributed by atoms with Crippen molar-refractivity contribution < 1.29 is 9.18 Å². The van der Waals surface area contributed by atoms with Crippen molar-refractivity contribution in [2.75, 3.05) is 13.1 Å². The lowest BCUT2D eigenvalue weighted by molar-refractivity contribution is -0.127. The number of piperidine rings is 1. The van der Waals surface area contributed by atoms with E-state index in [9.17, 15) is 9.18 Å². The first kappa shape index (κ1) is 20.8. The molecule has 0 radical (unpaired) electrons. The standard InChI is InChI=1S/C23H28ClFN2O/c1-3-17-4-6-18(7-5-17)16(2)26-23(28)19-10-12-27(13-11-19)15-20-8-9-21(24)14-22(20)25/h4-9,14,16,19H,3,10-13,15H2,1-2H3,(H,26,28)/t16-/m0/s1. The average Bonchev–Trinajstić information content (AvgIpc) is 2.70. The van der Waals surface area contributed by atoms with Crippen molar-refractivity contribution in [1.29, 1.82) is 0 Å². The molecule has 0 bridgehead atoms. The number of aryl methyl sites for hydroxylation is 1. The van der Waals surface area contributed by atoms with Gasteiger partial charge in [0.05, 0.1) is 6.04 Å². The molecule has 1 fully saturated rings. The van der Waals surface area contributed by atoms with Crippen molar-refractivity contribution in [3.8, 4) is 0 Å². The van der Waals surface area contributed by atoms with Gasteiger partial charge in [0.2, 0.25) is 5.91 Å². The van der Waals surface area contributed by atoms with Gasteiger partial charge in [-0.05, 0) is 62.5 Å². The molecule has 2 aromatic carbocycles. The van der Waals surface area contributed by atoms with E-state index in [0.29, 0.717) is 17.1 Å². The van der Waals surface area contributed by atoms with Crippen molar-refractivity contribution in [1.82, 2.24) is 10.2 Å². The van der Waals surface area contributed by atoms with Crippen LogP contribution in [0.4, 0.5) is 4.39 Å². The van der Waals surface area contributed by atoms with Gasteiger partial charge in [0.15, 0.2) is 0 Å². The number of carbonyl (C=O) groups is 1. The summed E-state index contributed by atoms with van der Waals surface area (Å²) < 4.78 is 14.0. The molecule has 0 spiro atoms. The molecule has 1 amide bonds. The fourth-order valence-electron chi connectivity index (χ4n) is 3.70. The van der Waals surface area contributed by atoms with E-state index in [0.717, 1.165) is 37.9 Å². The Kier molecular flexibility index (Phi) is 7.08.